The number of oxime groups is 1. The number of amides is 1. The lowest BCUT2D eigenvalue weighted by atomic mass is 9.65. The first-order valence-corrected chi connectivity index (χ1v) is 9.42. The van der Waals surface area contributed by atoms with Crippen LogP contribution in [0.2, 0.25) is 0 Å². The van der Waals surface area contributed by atoms with Crippen molar-refractivity contribution in [3.8, 4) is 11.5 Å². The highest BCUT2D eigenvalue weighted by molar-refractivity contribution is 5.81. The summed E-state index contributed by atoms with van der Waals surface area (Å²) in [4.78, 5) is 19.9. The summed E-state index contributed by atoms with van der Waals surface area (Å²) in [6.45, 7) is 7.69. The van der Waals surface area contributed by atoms with Crippen molar-refractivity contribution in [3.05, 3.63) is 23.8 Å². The van der Waals surface area contributed by atoms with Crippen LogP contribution in [0.3, 0.4) is 0 Å². The average Bonchev–Trinajstić information content (AvgIpc) is 2.87. The van der Waals surface area contributed by atoms with Crippen LogP contribution in [0.5, 0.6) is 11.5 Å². The molecule has 0 radical (unpaired) electrons. The maximum Gasteiger partial charge on any atom is 0.263 e. The lowest BCUT2D eigenvalue weighted by Crippen LogP contribution is -2.39. The van der Waals surface area contributed by atoms with Crippen molar-refractivity contribution in [3.63, 3.8) is 0 Å². The molecule has 148 valence electrons. The van der Waals surface area contributed by atoms with Gasteiger partial charge in [-0.05, 0) is 48.3 Å². The number of rotatable bonds is 6. The summed E-state index contributed by atoms with van der Waals surface area (Å²) in [6.07, 6.45) is 4.89. The van der Waals surface area contributed by atoms with E-state index in [1.54, 1.807) is 32.6 Å². The molecule has 1 saturated carbocycles. The molecule has 1 aromatic carbocycles. The summed E-state index contributed by atoms with van der Waals surface area (Å²) < 4.78 is 10.5. The number of methoxy groups -OCH3 is 2. The number of hydrogen-bond donors (Lipinski definition) is 0. The molecule has 0 N–H and O–H groups in total. The number of benzene rings is 1. The Morgan fingerprint density at radius 3 is 2.67 bits per heavy atom. The largest absolute Gasteiger partial charge is 0.493 e. The average molecular weight is 374 g/mol. The van der Waals surface area contributed by atoms with Crippen molar-refractivity contribution in [2.24, 2.45) is 16.0 Å². The summed E-state index contributed by atoms with van der Waals surface area (Å²) in [5, 5.41) is 3.95. The van der Waals surface area contributed by atoms with Gasteiger partial charge in [0.15, 0.2) is 18.1 Å². The van der Waals surface area contributed by atoms with Gasteiger partial charge in [-0.25, -0.2) is 0 Å². The summed E-state index contributed by atoms with van der Waals surface area (Å²) in [6, 6.07) is 5.78. The minimum absolute atomic E-state index is 0.0193. The Hall–Kier alpha value is -2.24. The standard InChI is InChI=1S/C21H30N2O4/c1-20(2)9-16-10-21(3,13-20)14-23(16)19(24)12-27-22-11-15-6-7-17(25-4)18(8-15)26-5/h6-8,11,16H,9-10,12-14H2,1-5H3/b22-11-/t16-,21-/m1/s1. The smallest absolute Gasteiger partial charge is 0.263 e. The fraction of sp³-hybridized carbons (Fsp3) is 0.619. The Balaban J connectivity index is 1.55. The topological polar surface area (TPSA) is 60.4 Å². The number of fused-ring (bicyclic) bond motifs is 2. The van der Waals surface area contributed by atoms with Gasteiger partial charge in [0.2, 0.25) is 0 Å². The second-order valence-electron chi connectivity index (χ2n) is 8.86. The molecule has 2 aliphatic rings. The second-order valence-corrected chi connectivity index (χ2v) is 8.86. The minimum atomic E-state index is -0.0310. The van der Waals surface area contributed by atoms with Gasteiger partial charge in [0, 0.05) is 18.2 Å². The van der Waals surface area contributed by atoms with E-state index in [0.717, 1.165) is 24.9 Å². The van der Waals surface area contributed by atoms with E-state index in [0.29, 0.717) is 23.0 Å². The van der Waals surface area contributed by atoms with Gasteiger partial charge in [-0.1, -0.05) is 25.9 Å². The molecule has 2 atom stereocenters. The molecule has 1 aromatic rings. The fourth-order valence-electron chi connectivity index (χ4n) is 4.96. The Morgan fingerprint density at radius 2 is 1.96 bits per heavy atom. The van der Waals surface area contributed by atoms with Crippen LogP contribution in [0.1, 0.15) is 45.6 Å². The Bertz CT molecular complexity index is 731. The number of hydrogen-bond acceptors (Lipinski definition) is 5. The third-order valence-corrected chi connectivity index (χ3v) is 5.61. The molecule has 6 nitrogen and oxygen atoms in total. The van der Waals surface area contributed by atoms with Gasteiger partial charge >= 0.3 is 0 Å². The number of carbonyl (C=O) groups excluding carboxylic acids is 1. The van der Waals surface area contributed by atoms with Gasteiger partial charge < -0.3 is 19.2 Å². The van der Waals surface area contributed by atoms with Gasteiger partial charge in [0.05, 0.1) is 20.4 Å². The Morgan fingerprint density at radius 1 is 1.22 bits per heavy atom. The molecule has 0 spiro atoms. The van der Waals surface area contributed by atoms with Crippen molar-refractivity contribution >= 4 is 12.1 Å². The first kappa shape index (κ1) is 19.5. The predicted molar refractivity (Wildman–Crippen MR) is 104 cm³/mol. The van der Waals surface area contributed by atoms with Crippen molar-refractivity contribution in [1.29, 1.82) is 0 Å². The van der Waals surface area contributed by atoms with Gasteiger partial charge in [0.1, 0.15) is 0 Å². The van der Waals surface area contributed by atoms with E-state index in [2.05, 4.69) is 25.9 Å². The van der Waals surface area contributed by atoms with Crippen LogP contribution in [0.4, 0.5) is 0 Å². The molecule has 6 heteroatoms. The van der Waals surface area contributed by atoms with E-state index in [1.165, 1.54) is 6.42 Å². The van der Waals surface area contributed by atoms with Gasteiger partial charge in [-0.15, -0.1) is 0 Å². The summed E-state index contributed by atoms with van der Waals surface area (Å²) in [7, 11) is 3.18. The van der Waals surface area contributed by atoms with Crippen molar-refractivity contribution < 1.29 is 19.1 Å². The molecular weight excluding hydrogens is 344 g/mol. The molecule has 1 aliphatic carbocycles. The fourth-order valence-corrected chi connectivity index (χ4v) is 4.96. The molecule has 2 fully saturated rings. The normalized spacial score (nSPS) is 26.3. The van der Waals surface area contributed by atoms with E-state index in [1.807, 2.05) is 11.0 Å². The van der Waals surface area contributed by atoms with Crippen molar-refractivity contribution in [1.82, 2.24) is 4.90 Å². The molecule has 1 aliphatic heterocycles. The maximum absolute atomic E-state index is 12.6. The van der Waals surface area contributed by atoms with Crippen LogP contribution in [0.25, 0.3) is 0 Å². The Labute approximate surface area is 161 Å². The minimum Gasteiger partial charge on any atom is -0.493 e. The van der Waals surface area contributed by atoms with Crippen molar-refractivity contribution in [2.45, 2.75) is 46.1 Å². The first-order valence-electron chi connectivity index (χ1n) is 9.42. The van der Waals surface area contributed by atoms with Crippen LogP contribution in [-0.4, -0.2) is 50.4 Å². The lowest BCUT2D eigenvalue weighted by Gasteiger charge is -2.39. The predicted octanol–water partition coefficient (Wildman–Crippen LogP) is 3.48. The summed E-state index contributed by atoms with van der Waals surface area (Å²) in [5.74, 6) is 1.30. The molecule has 27 heavy (non-hydrogen) atoms. The Kier molecular flexibility index (Phi) is 5.36. The molecule has 0 aromatic heterocycles. The van der Waals surface area contributed by atoms with Crippen molar-refractivity contribution in [2.75, 3.05) is 27.4 Å². The SMILES string of the molecule is COc1ccc(/C=N\OCC(=O)N2C[C@]3(C)C[C@H]2CC(C)(C)C3)cc1OC. The molecular formula is C21H30N2O4. The second kappa shape index (κ2) is 7.41. The first-order chi connectivity index (χ1) is 12.8. The van der Waals surface area contributed by atoms with E-state index >= 15 is 0 Å². The van der Waals surface area contributed by atoms with E-state index in [-0.39, 0.29) is 17.9 Å². The quantitative estimate of drug-likeness (QED) is 0.565. The van der Waals surface area contributed by atoms with E-state index in [4.69, 9.17) is 14.3 Å². The summed E-state index contributed by atoms with van der Waals surface area (Å²) in [5.41, 5.74) is 1.33. The number of likely N-dealkylation sites (tertiary alicyclic amines) is 1. The monoisotopic (exact) mass is 374 g/mol. The van der Waals surface area contributed by atoms with Crippen LogP contribution < -0.4 is 9.47 Å². The van der Waals surface area contributed by atoms with Crippen LogP contribution in [0, 0.1) is 10.8 Å². The molecule has 1 heterocycles. The third kappa shape index (κ3) is 4.37. The molecule has 3 rings (SSSR count). The maximum atomic E-state index is 12.6. The zero-order valence-corrected chi connectivity index (χ0v) is 16.9. The zero-order chi connectivity index (χ0) is 19.7. The number of nitrogens with zero attached hydrogens (tertiary/aromatic N) is 2. The van der Waals surface area contributed by atoms with E-state index in [9.17, 15) is 4.79 Å². The molecule has 0 unspecified atom stereocenters. The third-order valence-electron chi connectivity index (χ3n) is 5.61. The molecule has 1 amide bonds. The van der Waals surface area contributed by atoms with Crippen LogP contribution in [-0.2, 0) is 9.63 Å². The van der Waals surface area contributed by atoms with Crippen LogP contribution >= 0.6 is 0 Å². The van der Waals surface area contributed by atoms with Gasteiger partial charge in [-0.3, -0.25) is 4.79 Å². The number of carbonyl (C=O) groups is 1. The molecule has 1 saturated heterocycles. The van der Waals surface area contributed by atoms with E-state index < -0.39 is 0 Å². The summed E-state index contributed by atoms with van der Waals surface area (Å²) >= 11 is 0. The van der Waals surface area contributed by atoms with Crippen LogP contribution in [0.15, 0.2) is 23.4 Å². The highest BCUT2D eigenvalue weighted by atomic mass is 16.6. The van der Waals surface area contributed by atoms with Gasteiger partial charge in [0.25, 0.3) is 5.91 Å². The molecule has 2 bridgehead atoms. The highest BCUT2D eigenvalue weighted by Gasteiger charge is 2.50. The zero-order valence-electron chi connectivity index (χ0n) is 16.9. The lowest BCUT2D eigenvalue weighted by molar-refractivity contribution is -0.137. The van der Waals surface area contributed by atoms with Gasteiger partial charge in [-0.2, -0.15) is 0 Å². The highest BCUT2D eigenvalue weighted by Crippen LogP contribution is 2.52. The number of ether oxygens (including phenoxy) is 2.